The molecule has 17 heavy (non-hydrogen) atoms. The lowest BCUT2D eigenvalue weighted by Crippen LogP contribution is -2.31. The fraction of sp³-hybridized carbons (Fsp3) is 0.538. The van der Waals surface area contributed by atoms with Crippen molar-refractivity contribution in [3.05, 3.63) is 28.2 Å². The quantitative estimate of drug-likeness (QED) is 0.796. The highest BCUT2D eigenvalue weighted by Crippen LogP contribution is 2.37. The Morgan fingerprint density at radius 1 is 1.12 bits per heavy atom. The second-order valence-corrected chi connectivity index (χ2v) is 6.66. The zero-order valence-electron chi connectivity index (χ0n) is 9.66. The molecular weight excluding hydrogens is 273 g/mol. The van der Waals surface area contributed by atoms with Gasteiger partial charge in [-0.2, -0.15) is 0 Å². The SMILES string of the molecule is NC1CCCCCC1Sc1cc(Cl)ccc1Cl. The molecule has 2 atom stereocenters. The Morgan fingerprint density at radius 3 is 2.71 bits per heavy atom. The van der Waals surface area contributed by atoms with Gasteiger partial charge in [0.2, 0.25) is 0 Å². The van der Waals surface area contributed by atoms with Crippen LogP contribution in [-0.2, 0) is 0 Å². The van der Waals surface area contributed by atoms with Crippen LogP contribution in [-0.4, -0.2) is 11.3 Å². The Balaban J connectivity index is 2.10. The fourth-order valence-corrected chi connectivity index (χ4v) is 3.96. The van der Waals surface area contributed by atoms with Crippen molar-refractivity contribution in [2.45, 2.75) is 48.3 Å². The van der Waals surface area contributed by atoms with E-state index in [4.69, 9.17) is 28.9 Å². The molecule has 0 amide bonds. The van der Waals surface area contributed by atoms with Crippen LogP contribution in [0.1, 0.15) is 32.1 Å². The summed E-state index contributed by atoms with van der Waals surface area (Å²) in [6, 6.07) is 5.89. The van der Waals surface area contributed by atoms with E-state index in [2.05, 4.69) is 0 Å². The number of hydrogen-bond donors (Lipinski definition) is 1. The molecule has 1 aromatic rings. The number of halogens is 2. The zero-order chi connectivity index (χ0) is 12.3. The van der Waals surface area contributed by atoms with E-state index in [9.17, 15) is 0 Å². The normalized spacial score (nSPS) is 25.6. The van der Waals surface area contributed by atoms with Gasteiger partial charge in [0.25, 0.3) is 0 Å². The highest BCUT2D eigenvalue weighted by atomic mass is 35.5. The Labute approximate surface area is 117 Å². The van der Waals surface area contributed by atoms with E-state index in [1.54, 1.807) is 11.8 Å². The van der Waals surface area contributed by atoms with E-state index in [0.717, 1.165) is 21.4 Å². The van der Waals surface area contributed by atoms with Crippen molar-refractivity contribution in [3.8, 4) is 0 Å². The molecule has 0 heterocycles. The lowest BCUT2D eigenvalue weighted by molar-refractivity contribution is 0.596. The van der Waals surface area contributed by atoms with Gasteiger partial charge in [0.15, 0.2) is 0 Å². The van der Waals surface area contributed by atoms with Crippen LogP contribution in [0.4, 0.5) is 0 Å². The van der Waals surface area contributed by atoms with Crippen molar-refractivity contribution in [1.29, 1.82) is 0 Å². The summed E-state index contributed by atoms with van der Waals surface area (Å²) >= 11 is 14.0. The standard InChI is InChI=1S/C13H17Cl2NS/c14-9-6-7-10(15)13(8-9)17-12-5-3-1-2-4-11(12)16/h6-8,11-12H,1-5,16H2. The second kappa shape index (κ2) is 6.33. The van der Waals surface area contributed by atoms with Gasteiger partial charge in [0.1, 0.15) is 0 Å². The minimum Gasteiger partial charge on any atom is -0.327 e. The van der Waals surface area contributed by atoms with Gasteiger partial charge in [-0.25, -0.2) is 0 Å². The summed E-state index contributed by atoms with van der Waals surface area (Å²) < 4.78 is 0. The number of nitrogens with two attached hydrogens (primary N) is 1. The first-order valence-corrected chi connectivity index (χ1v) is 7.67. The molecule has 1 aliphatic rings. The summed E-state index contributed by atoms with van der Waals surface area (Å²) in [5.41, 5.74) is 6.22. The maximum atomic E-state index is 6.22. The molecule has 4 heteroatoms. The van der Waals surface area contributed by atoms with Gasteiger partial charge < -0.3 is 5.73 Å². The lowest BCUT2D eigenvalue weighted by atomic mass is 10.1. The van der Waals surface area contributed by atoms with E-state index in [0.29, 0.717) is 5.25 Å². The maximum absolute atomic E-state index is 6.22. The molecule has 0 bridgehead atoms. The first kappa shape index (κ1) is 13.5. The summed E-state index contributed by atoms with van der Waals surface area (Å²) in [4.78, 5) is 1.06. The first-order chi connectivity index (χ1) is 8.16. The van der Waals surface area contributed by atoms with Crippen LogP contribution in [0.25, 0.3) is 0 Å². The highest BCUT2D eigenvalue weighted by molar-refractivity contribution is 8.00. The third-order valence-corrected chi connectivity index (χ3v) is 5.33. The first-order valence-electron chi connectivity index (χ1n) is 6.04. The molecule has 2 rings (SSSR count). The molecular formula is C13H17Cl2NS. The molecule has 1 aromatic carbocycles. The van der Waals surface area contributed by atoms with Crippen molar-refractivity contribution in [3.63, 3.8) is 0 Å². The van der Waals surface area contributed by atoms with Crippen LogP contribution in [0, 0.1) is 0 Å². The highest BCUT2D eigenvalue weighted by Gasteiger charge is 2.22. The molecule has 0 aliphatic heterocycles. The van der Waals surface area contributed by atoms with Crippen molar-refractivity contribution < 1.29 is 0 Å². The van der Waals surface area contributed by atoms with E-state index in [-0.39, 0.29) is 6.04 Å². The van der Waals surface area contributed by atoms with E-state index in [1.165, 1.54) is 25.7 Å². The number of hydrogen-bond acceptors (Lipinski definition) is 2. The predicted molar refractivity (Wildman–Crippen MR) is 77.2 cm³/mol. The van der Waals surface area contributed by atoms with Gasteiger partial charge in [-0.1, -0.05) is 42.5 Å². The van der Waals surface area contributed by atoms with Gasteiger partial charge in [-0.05, 0) is 31.0 Å². The number of thioether (sulfide) groups is 1. The smallest absolute Gasteiger partial charge is 0.0543 e. The Morgan fingerprint density at radius 2 is 1.88 bits per heavy atom. The molecule has 0 saturated heterocycles. The van der Waals surface area contributed by atoms with Crippen LogP contribution in [0.3, 0.4) is 0 Å². The third kappa shape index (κ3) is 3.78. The van der Waals surface area contributed by atoms with Crippen LogP contribution in [0.5, 0.6) is 0 Å². The Bertz CT molecular complexity index is 384. The van der Waals surface area contributed by atoms with Crippen LogP contribution in [0.15, 0.2) is 23.1 Å². The predicted octanol–water partition coefficient (Wildman–Crippen LogP) is 4.75. The molecule has 2 N–H and O–H groups in total. The number of rotatable bonds is 2. The minimum atomic E-state index is 0.276. The van der Waals surface area contributed by atoms with E-state index >= 15 is 0 Å². The summed E-state index contributed by atoms with van der Waals surface area (Å²) in [6.45, 7) is 0. The van der Waals surface area contributed by atoms with Gasteiger partial charge >= 0.3 is 0 Å². The maximum Gasteiger partial charge on any atom is 0.0543 e. The summed E-state index contributed by atoms with van der Waals surface area (Å²) in [5.74, 6) is 0. The van der Waals surface area contributed by atoms with Crippen molar-refractivity contribution in [2.24, 2.45) is 5.73 Å². The number of benzene rings is 1. The molecule has 1 saturated carbocycles. The van der Waals surface area contributed by atoms with Gasteiger partial charge in [0.05, 0.1) is 5.02 Å². The molecule has 1 fully saturated rings. The molecule has 1 nitrogen and oxygen atoms in total. The second-order valence-electron chi connectivity index (χ2n) is 4.53. The fourth-order valence-electron chi connectivity index (χ4n) is 2.18. The van der Waals surface area contributed by atoms with Gasteiger partial charge in [-0.15, -0.1) is 11.8 Å². The molecule has 0 spiro atoms. The summed E-state index contributed by atoms with van der Waals surface area (Å²) in [5, 5.41) is 1.98. The average molecular weight is 290 g/mol. The van der Waals surface area contributed by atoms with Crippen LogP contribution in [0.2, 0.25) is 10.0 Å². The monoisotopic (exact) mass is 289 g/mol. The van der Waals surface area contributed by atoms with Gasteiger partial charge in [0, 0.05) is 21.2 Å². The molecule has 0 aromatic heterocycles. The average Bonchev–Trinajstić information content (AvgIpc) is 2.50. The van der Waals surface area contributed by atoms with Crippen molar-refractivity contribution in [2.75, 3.05) is 0 Å². The Kier molecular flexibility index (Phi) is 5.04. The summed E-state index contributed by atoms with van der Waals surface area (Å²) in [6.07, 6.45) is 6.11. The molecule has 1 aliphatic carbocycles. The third-order valence-electron chi connectivity index (χ3n) is 3.18. The molecule has 0 radical (unpaired) electrons. The lowest BCUT2D eigenvalue weighted by Gasteiger charge is -2.21. The van der Waals surface area contributed by atoms with Crippen molar-refractivity contribution >= 4 is 35.0 Å². The van der Waals surface area contributed by atoms with E-state index < -0.39 is 0 Å². The molecule has 2 unspecified atom stereocenters. The summed E-state index contributed by atoms with van der Waals surface area (Å²) in [7, 11) is 0. The largest absolute Gasteiger partial charge is 0.327 e. The molecule has 94 valence electrons. The van der Waals surface area contributed by atoms with E-state index in [1.807, 2.05) is 18.2 Å². The zero-order valence-corrected chi connectivity index (χ0v) is 12.0. The van der Waals surface area contributed by atoms with Crippen LogP contribution < -0.4 is 5.73 Å². The topological polar surface area (TPSA) is 26.0 Å². The Hall–Kier alpha value is 0.110. The minimum absolute atomic E-state index is 0.276. The van der Waals surface area contributed by atoms with Gasteiger partial charge in [-0.3, -0.25) is 0 Å². The van der Waals surface area contributed by atoms with Crippen molar-refractivity contribution in [1.82, 2.24) is 0 Å². The van der Waals surface area contributed by atoms with Crippen LogP contribution >= 0.6 is 35.0 Å².